The average Bonchev–Trinajstić information content (AvgIpc) is 2.92. The van der Waals surface area contributed by atoms with Crippen LogP contribution in [0.1, 0.15) is 38.1 Å². The van der Waals surface area contributed by atoms with Crippen molar-refractivity contribution in [2.75, 3.05) is 11.1 Å². The second-order valence-electron chi connectivity index (χ2n) is 5.25. The number of rotatable bonds is 5. The number of hydrogen-bond donors (Lipinski definition) is 2. The van der Waals surface area contributed by atoms with Gasteiger partial charge in [0, 0.05) is 19.5 Å². The number of nitrogens with zero attached hydrogens (tertiary/aromatic N) is 2. The maximum atomic E-state index is 6.16. The molecule has 0 radical (unpaired) electrons. The van der Waals surface area contributed by atoms with E-state index in [1.54, 1.807) is 6.26 Å². The molecule has 3 N–H and O–H groups in total. The van der Waals surface area contributed by atoms with E-state index in [4.69, 9.17) is 10.2 Å². The second-order valence-corrected chi connectivity index (χ2v) is 5.25. The van der Waals surface area contributed by atoms with Crippen LogP contribution in [0.2, 0.25) is 0 Å². The van der Waals surface area contributed by atoms with E-state index < -0.39 is 0 Å². The van der Waals surface area contributed by atoms with Gasteiger partial charge >= 0.3 is 0 Å². The summed E-state index contributed by atoms with van der Waals surface area (Å²) in [5.74, 6) is 2.16. The van der Waals surface area contributed by atoms with Crippen LogP contribution in [0.4, 0.5) is 11.5 Å². The van der Waals surface area contributed by atoms with E-state index in [0.717, 1.165) is 29.4 Å². The summed E-state index contributed by atoms with van der Waals surface area (Å²) in [5, 5.41) is 7.87. The fourth-order valence-electron chi connectivity index (χ4n) is 2.17. The molecule has 1 atom stereocenters. The zero-order chi connectivity index (χ0) is 14.0. The van der Waals surface area contributed by atoms with Crippen LogP contribution in [-0.4, -0.2) is 15.8 Å². The summed E-state index contributed by atoms with van der Waals surface area (Å²) < 4.78 is 7.16. The Labute approximate surface area is 113 Å². The highest BCUT2D eigenvalue weighted by Gasteiger charge is 2.17. The first kappa shape index (κ1) is 13.5. The van der Waals surface area contributed by atoms with Crippen molar-refractivity contribution < 1.29 is 4.42 Å². The minimum Gasteiger partial charge on any atom is -0.469 e. The Kier molecular flexibility index (Phi) is 3.83. The number of anilines is 2. The van der Waals surface area contributed by atoms with Crippen LogP contribution >= 0.6 is 0 Å². The Hall–Kier alpha value is -1.91. The Morgan fingerprint density at radius 1 is 1.42 bits per heavy atom. The van der Waals surface area contributed by atoms with Gasteiger partial charge in [0.25, 0.3) is 0 Å². The summed E-state index contributed by atoms with van der Waals surface area (Å²) in [5.41, 5.74) is 7.84. The second kappa shape index (κ2) is 5.38. The van der Waals surface area contributed by atoms with Gasteiger partial charge in [0.05, 0.1) is 17.6 Å². The molecule has 0 fully saturated rings. The molecule has 2 rings (SSSR count). The molecule has 19 heavy (non-hydrogen) atoms. The number of nitrogen functional groups attached to an aromatic ring is 1. The Morgan fingerprint density at radius 2 is 2.16 bits per heavy atom. The quantitative estimate of drug-likeness (QED) is 0.869. The highest BCUT2D eigenvalue weighted by molar-refractivity contribution is 5.66. The minimum atomic E-state index is 0.226. The van der Waals surface area contributed by atoms with Crippen LogP contribution in [0.3, 0.4) is 0 Å². The predicted molar refractivity (Wildman–Crippen MR) is 77.2 cm³/mol. The molecule has 104 valence electrons. The van der Waals surface area contributed by atoms with Crippen molar-refractivity contribution in [1.29, 1.82) is 0 Å². The van der Waals surface area contributed by atoms with Gasteiger partial charge < -0.3 is 15.5 Å². The molecule has 0 aromatic carbocycles. The topological polar surface area (TPSA) is 69.0 Å². The minimum absolute atomic E-state index is 0.226. The van der Waals surface area contributed by atoms with Crippen LogP contribution in [0.25, 0.3) is 0 Å². The van der Waals surface area contributed by atoms with Crippen molar-refractivity contribution in [3.8, 4) is 0 Å². The van der Waals surface area contributed by atoms with Crippen LogP contribution in [0.15, 0.2) is 22.8 Å². The van der Waals surface area contributed by atoms with E-state index in [1.807, 2.05) is 23.9 Å². The Morgan fingerprint density at radius 3 is 2.68 bits per heavy atom. The molecular weight excluding hydrogens is 240 g/mol. The zero-order valence-corrected chi connectivity index (χ0v) is 12.0. The van der Waals surface area contributed by atoms with E-state index in [0.29, 0.717) is 5.92 Å². The first-order valence-corrected chi connectivity index (χ1v) is 6.60. The maximum absolute atomic E-state index is 6.16. The molecule has 0 amide bonds. The van der Waals surface area contributed by atoms with E-state index in [1.165, 1.54) is 0 Å². The highest BCUT2D eigenvalue weighted by atomic mass is 16.3. The molecule has 0 bridgehead atoms. The van der Waals surface area contributed by atoms with Crippen molar-refractivity contribution >= 4 is 11.5 Å². The monoisotopic (exact) mass is 262 g/mol. The maximum Gasteiger partial charge on any atom is 0.148 e. The normalized spacial score (nSPS) is 12.9. The third-order valence-corrected chi connectivity index (χ3v) is 3.13. The molecule has 1 unspecified atom stereocenters. The number of aryl methyl sites for hydroxylation is 1. The standard InChI is InChI=1S/C14H22N4O/c1-9(2)13-12(15)14(18(4)17-13)16-10(3)8-11-6-5-7-19-11/h5-7,9-10,16H,8,15H2,1-4H3. The van der Waals surface area contributed by atoms with Gasteiger partial charge in [-0.25, -0.2) is 0 Å². The lowest BCUT2D eigenvalue weighted by molar-refractivity contribution is 0.497. The average molecular weight is 262 g/mol. The van der Waals surface area contributed by atoms with Crippen molar-refractivity contribution in [3.63, 3.8) is 0 Å². The van der Waals surface area contributed by atoms with E-state index in [-0.39, 0.29) is 6.04 Å². The third kappa shape index (κ3) is 2.92. The molecule has 5 heteroatoms. The first-order valence-electron chi connectivity index (χ1n) is 6.60. The molecule has 0 aliphatic rings. The highest BCUT2D eigenvalue weighted by Crippen LogP contribution is 2.28. The van der Waals surface area contributed by atoms with E-state index in [9.17, 15) is 0 Å². The van der Waals surface area contributed by atoms with Gasteiger partial charge in [-0.15, -0.1) is 0 Å². The number of hydrogen-bond acceptors (Lipinski definition) is 4. The summed E-state index contributed by atoms with van der Waals surface area (Å²) in [6.45, 7) is 6.29. The summed E-state index contributed by atoms with van der Waals surface area (Å²) in [7, 11) is 1.91. The summed E-state index contributed by atoms with van der Waals surface area (Å²) >= 11 is 0. The lowest BCUT2D eigenvalue weighted by Gasteiger charge is -2.14. The molecule has 0 saturated carbocycles. The number of aromatic nitrogens is 2. The SMILES string of the molecule is CC(Cc1ccco1)Nc1c(N)c(C(C)C)nn1C. The van der Waals surface area contributed by atoms with Gasteiger partial charge in [0.2, 0.25) is 0 Å². The summed E-state index contributed by atoms with van der Waals surface area (Å²) in [6.07, 6.45) is 2.51. The van der Waals surface area contributed by atoms with Crippen molar-refractivity contribution in [3.05, 3.63) is 29.9 Å². The molecule has 0 saturated heterocycles. The molecule has 0 aliphatic heterocycles. The molecule has 2 heterocycles. The van der Waals surface area contributed by atoms with Crippen LogP contribution in [0.5, 0.6) is 0 Å². The molecule has 0 aliphatic carbocycles. The predicted octanol–water partition coefficient (Wildman–Crippen LogP) is 2.76. The smallest absolute Gasteiger partial charge is 0.148 e. The molecule has 0 spiro atoms. The van der Waals surface area contributed by atoms with Gasteiger partial charge in [-0.1, -0.05) is 13.8 Å². The van der Waals surface area contributed by atoms with Gasteiger partial charge in [-0.05, 0) is 25.0 Å². The van der Waals surface area contributed by atoms with Gasteiger partial charge in [-0.3, -0.25) is 4.68 Å². The molecule has 5 nitrogen and oxygen atoms in total. The summed E-state index contributed by atoms with van der Waals surface area (Å²) in [6, 6.07) is 4.10. The van der Waals surface area contributed by atoms with E-state index in [2.05, 4.69) is 31.2 Å². The van der Waals surface area contributed by atoms with Gasteiger partial charge in [0.15, 0.2) is 0 Å². The summed E-state index contributed by atoms with van der Waals surface area (Å²) in [4.78, 5) is 0. The van der Waals surface area contributed by atoms with Crippen LogP contribution in [0, 0.1) is 0 Å². The number of furan rings is 1. The zero-order valence-electron chi connectivity index (χ0n) is 12.0. The molecule has 2 aromatic heterocycles. The van der Waals surface area contributed by atoms with Crippen LogP contribution < -0.4 is 11.1 Å². The van der Waals surface area contributed by atoms with Gasteiger partial charge in [-0.2, -0.15) is 5.10 Å². The first-order chi connectivity index (χ1) is 8.99. The van der Waals surface area contributed by atoms with Crippen molar-refractivity contribution in [2.45, 2.75) is 39.2 Å². The third-order valence-electron chi connectivity index (χ3n) is 3.13. The van der Waals surface area contributed by atoms with Gasteiger partial charge in [0.1, 0.15) is 11.6 Å². The lowest BCUT2D eigenvalue weighted by Crippen LogP contribution is -2.20. The van der Waals surface area contributed by atoms with E-state index >= 15 is 0 Å². The van der Waals surface area contributed by atoms with Crippen molar-refractivity contribution in [1.82, 2.24) is 9.78 Å². The molecular formula is C14H22N4O. The Bertz CT molecular complexity index is 528. The Balaban J connectivity index is 2.10. The number of nitrogens with one attached hydrogen (secondary N) is 1. The fourth-order valence-corrected chi connectivity index (χ4v) is 2.17. The fraction of sp³-hybridized carbons (Fsp3) is 0.500. The largest absolute Gasteiger partial charge is 0.469 e. The molecule has 2 aromatic rings. The van der Waals surface area contributed by atoms with Crippen molar-refractivity contribution in [2.24, 2.45) is 7.05 Å². The van der Waals surface area contributed by atoms with Crippen LogP contribution in [-0.2, 0) is 13.5 Å². The number of nitrogens with two attached hydrogens (primary N) is 1. The lowest BCUT2D eigenvalue weighted by atomic mass is 10.1.